The van der Waals surface area contributed by atoms with Crippen molar-refractivity contribution in [1.82, 2.24) is 14.7 Å². The van der Waals surface area contributed by atoms with Gasteiger partial charge in [-0.2, -0.15) is 0 Å². The summed E-state index contributed by atoms with van der Waals surface area (Å²) in [4.78, 5) is 30.0. The molecule has 2 aromatic heterocycles. The summed E-state index contributed by atoms with van der Waals surface area (Å²) in [6, 6.07) is 13.4. The summed E-state index contributed by atoms with van der Waals surface area (Å²) >= 11 is 0. The van der Waals surface area contributed by atoms with E-state index in [1.807, 2.05) is 42.5 Å². The van der Waals surface area contributed by atoms with Gasteiger partial charge >= 0.3 is 0 Å². The monoisotopic (exact) mass is 376 g/mol. The first-order valence-corrected chi connectivity index (χ1v) is 9.84. The molecule has 2 N–H and O–H groups in total. The number of aryl methyl sites for hydroxylation is 1. The lowest BCUT2D eigenvalue weighted by atomic mass is 10.1. The smallest absolute Gasteiger partial charge is 0.292 e. The summed E-state index contributed by atoms with van der Waals surface area (Å²) in [5.74, 6) is -0.362. The fraction of sp³-hybridized carbons (Fsp3) is 0.318. The fourth-order valence-corrected chi connectivity index (χ4v) is 3.70. The minimum absolute atomic E-state index is 0.197. The highest BCUT2D eigenvalue weighted by molar-refractivity contribution is 6.06. The normalized spacial score (nSPS) is 14.3. The number of carbonyl (C=O) groups is 2. The summed E-state index contributed by atoms with van der Waals surface area (Å²) < 4.78 is 1.67. The van der Waals surface area contributed by atoms with Gasteiger partial charge in [0.25, 0.3) is 11.8 Å². The van der Waals surface area contributed by atoms with Gasteiger partial charge in [-0.05, 0) is 49.1 Å². The molecule has 0 bridgehead atoms. The zero-order valence-electron chi connectivity index (χ0n) is 15.9. The molecule has 6 heteroatoms. The van der Waals surface area contributed by atoms with Gasteiger partial charge in [0.05, 0.1) is 5.52 Å². The summed E-state index contributed by atoms with van der Waals surface area (Å²) in [6.45, 7) is 2.09. The maximum Gasteiger partial charge on any atom is 0.292 e. The van der Waals surface area contributed by atoms with E-state index in [1.54, 1.807) is 10.6 Å². The molecular formula is C22H24N4O2. The first kappa shape index (κ1) is 18.2. The average Bonchev–Trinajstić information content (AvgIpc) is 3.36. The Morgan fingerprint density at radius 2 is 1.82 bits per heavy atom. The van der Waals surface area contributed by atoms with Crippen molar-refractivity contribution in [2.24, 2.45) is 0 Å². The molecule has 0 spiro atoms. The number of imidazole rings is 1. The third-order valence-electron chi connectivity index (χ3n) is 5.28. The highest BCUT2D eigenvalue weighted by Crippen LogP contribution is 2.20. The van der Waals surface area contributed by atoms with E-state index in [9.17, 15) is 9.59 Å². The van der Waals surface area contributed by atoms with Gasteiger partial charge in [0.15, 0.2) is 5.69 Å². The second kappa shape index (κ2) is 7.84. The topological polar surface area (TPSA) is 75.5 Å². The number of pyridine rings is 1. The van der Waals surface area contributed by atoms with E-state index in [0.717, 1.165) is 32.1 Å². The predicted molar refractivity (Wildman–Crippen MR) is 109 cm³/mol. The van der Waals surface area contributed by atoms with Crippen LogP contribution in [0, 0.1) is 0 Å². The van der Waals surface area contributed by atoms with Crippen LogP contribution in [0.3, 0.4) is 0 Å². The number of anilines is 1. The number of hydrogen-bond acceptors (Lipinski definition) is 3. The largest absolute Gasteiger partial charge is 0.348 e. The van der Waals surface area contributed by atoms with Gasteiger partial charge < -0.3 is 10.6 Å². The van der Waals surface area contributed by atoms with Crippen LogP contribution in [0.2, 0.25) is 0 Å². The molecular weight excluding hydrogens is 352 g/mol. The van der Waals surface area contributed by atoms with Gasteiger partial charge in [-0.3, -0.25) is 14.0 Å². The highest BCUT2D eigenvalue weighted by Gasteiger charge is 2.24. The minimum Gasteiger partial charge on any atom is -0.348 e. The number of carbonyl (C=O) groups excluding carboxylic acids is 2. The van der Waals surface area contributed by atoms with Crippen molar-refractivity contribution < 1.29 is 9.59 Å². The molecule has 1 aliphatic rings. The molecule has 0 unspecified atom stereocenters. The van der Waals surface area contributed by atoms with E-state index in [4.69, 9.17) is 0 Å². The standard InChI is InChI=1S/C22H24N4O2/c1-2-15-10-12-17(13-11-15)24-22(28)20-25-19(18-9-5-6-14-26(18)20)21(27)23-16-7-3-4-8-16/h5-6,9-14,16H,2-4,7-8H2,1H3,(H,23,27)(H,24,28). The Labute approximate surface area is 164 Å². The zero-order valence-corrected chi connectivity index (χ0v) is 15.9. The number of nitrogens with one attached hydrogen (secondary N) is 2. The first-order valence-electron chi connectivity index (χ1n) is 9.84. The van der Waals surface area contributed by atoms with Gasteiger partial charge in [0, 0.05) is 17.9 Å². The summed E-state index contributed by atoms with van der Waals surface area (Å²) in [5.41, 5.74) is 2.82. The van der Waals surface area contributed by atoms with Gasteiger partial charge in [0.1, 0.15) is 0 Å². The maximum absolute atomic E-state index is 12.8. The second-order valence-electron chi connectivity index (χ2n) is 7.20. The quantitative estimate of drug-likeness (QED) is 0.711. The van der Waals surface area contributed by atoms with Crippen LogP contribution in [0.15, 0.2) is 48.7 Å². The van der Waals surface area contributed by atoms with Gasteiger partial charge in [0.2, 0.25) is 5.82 Å². The predicted octanol–water partition coefficient (Wildman–Crippen LogP) is 3.82. The van der Waals surface area contributed by atoms with E-state index in [1.165, 1.54) is 5.56 Å². The van der Waals surface area contributed by atoms with Crippen molar-refractivity contribution in [2.45, 2.75) is 45.1 Å². The number of fused-ring (bicyclic) bond motifs is 1. The number of amides is 2. The highest BCUT2D eigenvalue weighted by atomic mass is 16.2. The summed E-state index contributed by atoms with van der Waals surface area (Å²) in [6.07, 6.45) is 6.97. The summed E-state index contributed by atoms with van der Waals surface area (Å²) in [5, 5.41) is 5.93. The van der Waals surface area contributed by atoms with Gasteiger partial charge in [-0.25, -0.2) is 4.98 Å². The van der Waals surface area contributed by atoms with Crippen LogP contribution in [0.5, 0.6) is 0 Å². The van der Waals surface area contributed by atoms with Crippen molar-refractivity contribution in [2.75, 3.05) is 5.32 Å². The second-order valence-corrected chi connectivity index (χ2v) is 7.20. The Morgan fingerprint density at radius 3 is 2.54 bits per heavy atom. The van der Waals surface area contributed by atoms with E-state index < -0.39 is 0 Å². The van der Waals surface area contributed by atoms with Crippen LogP contribution in [-0.4, -0.2) is 27.2 Å². The lowest BCUT2D eigenvalue weighted by Gasteiger charge is -2.10. The number of rotatable bonds is 5. The number of aromatic nitrogens is 2. The third-order valence-corrected chi connectivity index (χ3v) is 5.28. The van der Waals surface area contributed by atoms with Crippen molar-refractivity contribution in [3.8, 4) is 0 Å². The van der Waals surface area contributed by atoms with E-state index in [0.29, 0.717) is 16.9 Å². The van der Waals surface area contributed by atoms with Crippen LogP contribution in [-0.2, 0) is 6.42 Å². The van der Waals surface area contributed by atoms with E-state index >= 15 is 0 Å². The maximum atomic E-state index is 12.8. The number of nitrogens with zero attached hydrogens (tertiary/aromatic N) is 2. The zero-order chi connectivity index (χ0) is 19.5. The Kier molecular flexibility index (Phi) is 5.10. The molecule has 6 nitrogen and oxygen atoms in total. The number of benzene rings is 1. The Bertz CT molecular complexity index is 1000. The molecule has 28 heavy (non-hydrogen) atoms. The van der Waals surface area contributed by atoms with E-state index in [2.05, 4.69) is 22.5 Å². The first-order chi connectivity index (χ1) is 13.7. The Balaban J connectivity index is 1.61. The molecule has 1 saturated carbocycles. The SMILES string of the molecule is CCc1ccc(NC(=O)c2nc(C(=O)NC3CCCC3)c3ccccn23)cc1. The lowest BCUT2D eigenvalue weighted by Crippen LogP contribution is -2.33. The van der Waals surface area contributed by atoms with Gasteiger partial charge in [-0.15, -0.1) is 0 Å². The van der Waals surface area contributed by atoms with Crippen molar-refractivity contribution >= 4 is 23.0 Å². The molecule has 0 atom stereocenters. The third kappa shape index (κ3) is 3.63. The molecule has 1 aliphatic carbocycles. The lowest BCUT2D eigenvalue weighted by molar-refractivity contribution is 0.0935. The molecule has 0 aliphatic heterocycles. The fourth-order valence-electron chi connectivity index (χ4n) is 3.70. The molecule has 0 radical (unpaired) electrons. The van der Waals surface area contributed by atoms with Crippen LogP contribution in [0.25, 0.3) is 5.52 Å². The molecule has 1 fully saturated rings. The summed E-state index contributed by atoms with van der Waals surface area (Å²) in [7, 11) is 0. The molecule has 2 heterocycles. The van der Waals surface area contributed by atoms with Crippen molar-refractivity contribution in [1.29, 1.82) is 0 Å². The van der Waals surface area contributed by atoms with Crippen LogP contribution in [0.4, 0.5) is 5.69 Å². The Hall–Kier alpha value is -3.15. The Morgan fingerprint density at radius 1 is 1.07 bits per heavy atom. The van der Waals surface area contributed by atoms with Gasteiger partial charge in [-0.1, -0.05) is 38.0 Å². The number of hydrogen-bond donors (Lipinski definition) is 2. The minimum atomic E-state index is -0.342. The molecule has 144 valence electrons. The van der Waals surface area contributed by atoms with Crippen LogP contribution >= 0.6 is 0 Å². The molecule has 1 aromatic carbocycles. The molecule has 0 saturated heterocycles. The van der Waals surface area contributed by atoms with Crippen LogP contribution < -0.4 is 10.6 Å². The van der Waals surface area contributed by atoms with Crippen molar-refractivity contribution in [3.63, 3.8) is 0 Å². The average molecular weight is 376 g/mol. The molecule has 4 rings (SSSR count). The van der Waals surface area contributed by atoms with Crippen molar-refractivity contribution in [3.05, 3.63) is 65.7 Å². The molecule has 3 aromatic rings. The van der Waals surface area contributed by atoms with Crippen LogP contribution in [0.1, 0.15) is 59.3 Å². The van der Waals surface area contributed by atoms with E-state index in [-0.39, 0.29) is 23.7 Å². The molecule has 2 amide bonds.